The summed E-state index contributed by atoms with van der Waals surface area (Å²) in [6, 6.07) is 0. The Labute approximate surface area is 188 Å². The number of hydrogen-bond acceptors (Lipinski definition) is 5. The first kappa shape index (κ1) is 22.8. The number of alkyl halides is 1. The molecule has 4 aliphatic carbocycles. The highest BCUT2D eigenvalue weighted by Gasteiger charge is 2.71. The van der Waals surface area contributed by atoms with E-state index in [4.69, 9.17) is 16.3 Å². The fourth-order valence-electron chi connectivity index (χ4n) is 7.91. The first-order valence-electron chi connectivity index (χ1n) is 11.5. The van der Waals surface area contributed by atoms with E-state index in [-0.39, 0.29) is 54.1 Å². The standard InChI is InChI=1S/C24H33ClO6/c1-4-19(28)31-24(21(29)30)8-7-17-16-6-5-13-9-15(26)10-14(12-25)23(13,3)20(16)18(27)11-22(17,24)2/h9,14,16-18,20,27H,4-8,10-12H2,1-3H3,(H,29,30)/t14?,16?,17?,18-,20?,22?,23?,24-/m0/s1. The number of allylic oxidation sites excluding steroid dienone is 1. The van der Waals surface area contributed by atoms with E-state index in [1.54, 1.807) is 13.0 Å². The van der Waals surface area contributed by atoms with Crippen LogP contribution >= 0.6 is 11.6 Å². The van der Waals surface area contributed by atoms with Gasteiger partial charge in [0.05, 0.1) is 6.10 Å². The molecule has 4 rings (SSSR count). The van der Waals surface area contributed by atoms with Crippen LogP contribution in [0.4, 0.5) is 0 Å². The molecule has 6 unspecified atom stereocenters. The minimum Gasteiger partial charge on any atom is -0.478 e. The van der Waals surface area contributed by atoms with E-state index in [1.807, 2.05) is 6.92 Å². The van der Waals surface area contributed by atoms with Crippen LogP contribution in [0.2, 0.25) is 0 Å². The number of carbonyl (C=O) groups excluding carboxylic acids is 2. The molecule has 2 N–H and O–H groups in total. The van der Waals surface area contributed by atoms with Crippen LogP contribution in [0, 0.1) is 34.5 Å². The summed E-state index contributed by atoms with van der Waals surface area (Å²) < 4.78 is 5.67. The molecule has 3 saturated carbocycles. The summed E-state index contributed by atoms with van der Waals surface area (Å²) in [7, 11) is 0. The van der Waals surface area contributed by atoms with Gasteiger partial charge in [-0.3, -0.25) is 9.59 Å². The Morgan fingerprint density at radius 1 is 1.29 bits per heavy atom. The van der Waals surface area contributed by atoms with Crippen molar-refractivity contribution in [2.45, 2.75) is 77.4 Å². The van der Waals surface area contributed by atoms with Crippen molar-refractivity contribution < 1.29 is 29.3 Å². The molecule has 4 aliphatic rings. The Morgan fingerprint density at radius 3 is 2.61 bits per heavy atom. The van der Waals surface area contributed by atoms with Crippen molar-refractivity contribution in [2.24, 2.45) is 34.5 Å². The van der Waals surface area contributed by atoms with E-state index < -0.39 is 29.1 Å². The zero-order valence-corrected chi connectivity index (χ0v) is 19.3. The maximum Gasteiger partial charge on any atom is 0.348 e. The molecule has 31 heavy (non-hydrogen) atoms. The van der Waals surface area contributed by atoms with Gasteiger partial charge in [0.25, 0.3) is 0 Å². The normalized spacial score (nSPS) is 46.4. The topological polar surface area (TPSA) is 101 Å². The fraction of sp³-hybridized carbons (Fsp3) is 0.792. The first-order valence-corrected chi connectivity index (χ1v) is 12.0. The molecule has 7 heteroatoms. The number of hydrogen-bond donors (Lipinski definition) is 2. The Balaban J connectivity index is 1.77. The predicted molar refractivity (Wildman–Crippen MR) is 114 cm³/mol. The average molecular weight is 453 g/mol. The van der Waals surface area contributed by atoms with Crippen molar-refractivity contribution in [1.29, 1.82) is 0 Å². The lowest BCUT2D eigenvalue weighted by Crippen LogP contribution is -2.63. The molecule has 8 atom stereocenters. The summed E-state index contributed by atoms with van der Waals surface area (Å²) in [5.74, 6) is -1.20. The smallest absolute Gasteiger partial charge is 0.348 e. The molecule has 0 saturated heterocycles. The summed E-state index contributed by atoms with van der Waals surface area (Å²) in [6.45, 7) is 5.68. The maximum absolute atomic E-state index is 12.5. The van der Waals surface area contributed by atoms with E-state index in [9.17, 15) is 24.6 Å². The molecule has 0 heterocycles. The van der Waals surface area contributed by atoms with E-state index in [0.29, 0.717) is 18.7 Å². The Kier molecular flexibility index (Phi) is 5.57. The van der Waals surface area contributed by atoms with Gasteiger partial charge in [0.2, 0.25) is 5.60 Å². The minimum atomic E-state index is -1.61. The van der Waals surface area contributed by atoms with E-state index in [0.717, 1.165) is 18.4 Å². The van der Waals surface area contributed by atoms with Crippen molar-refractivity contribution in [2.75, 3.05) is 5.88 Å². The van der Waals surface area contributed by atoms with Gasteiger partial charge in [-0.1, -0.05) is 26.3 Å². The van der Waals surface area contributed by atoms with Gasteiger partial charge in [0.15, 0.2) is 5.78 Å². The van der Waals surface area contributed by atoms with Crippen LogP contribution in [0.1, 0.15) is 65.7 Å². The minimum absolute atomic E-state index is 0.0219. The number of rotatable bonds is 4. The molecule has 0 amide bonds. The predicted octanol–water partition coefficient (Wildman–Crippen LogP) is 3.73. The van der Waals surface area contributed by atoms with Crippen molar-refractivity contribution >= 4 is 29.3 Å². The molecule has 0 bridgehead atoms. The van der Waals surface area contributed by atoms with Crippen molar-refractivity contribution in [3.05, 3.63) is 11.6 Å². The zero-order chi connectivity index (χ0) is 22.8. The maximum atomic E-state index is 12.5. The number of aliphatic carboxylic acids is 1. The molecule has 0 aromatic carbocycles. The Hall–Kier alpha value is -1.40. The third-order valence-corrected chi connectivity index (χ3v) is 9.82. The van der Waals surface area contributed by atoms with E-state index >= 15 is 0 Å². The number of ketones is 1. The number of aliphatic hydroxyl groups is 1. The summed E-state index contributed by atoms with van der Waals surface area (Å²) in [4.78, 5) is 37.0. The highest BCUT2D eigenvalue weighted by molar-refractivity contribution is 6.18. The first-order chi connectivity index (χ1) is 14.5. The number of carbonyl (C=O) groups is 3. The van der Waals surface area contributed by atoms with E-state index in [2.05, 4.69) is 6.92 Å². The van der Waals surface area contributed by atoms with Gasteiger partial charge in [-0.25, -0.2) is 4.79 Å². The third kappa shape index (κ3) is 2.97. The quantitative estimate of drug-likeness (QED) is 0.498. The molecule has 6 nitrogen and oxygen atoms in total. The highest BCUT2D eigenvalue weighted by atomic mass is 35.5. The lowest BCUT2D eigenvalue weighted by atomic mass is 9.43. The Bertz CT molecular complexity index is 838. The largest absolute Gasteiger partial charge is 0.478 e. The summed E-state index contributed by atoms with van der Waals surface area (Å²) in [5, 5.41) is 21.7. The monoisotopic (exact) mass is 452 g/mol. The molecule has 0 aromatic heterocycles. The van der Waals surface area contributed by atoms with Crippen LogP contribution in [0.3, 0.4) is 0 Å². The second-order valence-electron chi connectivity index (χ2n) is 10.5. The molecular weight excluding hydrogens is 420 g/mol. The second kappa shape index (κ2) is 7.58. The van der Waals surface area contributed by atoms with Crippen LogP contribution < -0.4 is 0 Å². The third-order valence-electron chi connectivity index (χ3n) is 9.44. The van der Waals surface area contributed by atoms with Gasteiger partial charge < -0.3 is 14.9 Å². The molecule has 0 aliphatic heterocycles. The average Bonchev–Trinajstić information content (AvgIpc) is 3.00. The summed E-state index contributed by atoms with van der Waals surface area (Å²) in [6.07, 6.45) is 4.23. The van der Waals surface area contributed by atoms with Crippen molar-refractivity contribution in [1.82, 2.24) is 0 Å². The lowest BCUT2D eigenvalue weighted by Gasteiger charge is -2.62. The van der Waals surface area contributed by atoms with Crippen LogP contribution in [0.15, 0.2) is 11.6 Å². The van der Waals surface area contributed by atoms with Gasteiger partial charge in [-0.15, -0.1) is 11.6 Å². The van der Waals surface area contributed by atoms with Gasteiger partial charge >= 0.3 is 11.9 Å². The SMILES string of the molecule is CCC(=O)O[C@]1(C(=O)O)CCC2C3CCC4=CC(=O)CC(CCl)C4(C)C3[C@@H](O)CC21C. The Morgan fingerprint density at radius 2 is 2.00 bits per heavy atom. The number of ether oxygens (including phenoxy) is 1. The fourth-order valence-corrected chi connectivity index (χ4v) is 8.34. The van der Waals surface area contributed by atoms with Gasteiger partial charge in [0.1, 0.15) is 0 Å². The second-order valence-corrected chi connectivity index (χ2v) is 10.8. The molecule has 0 radical (unpaired) electrons. The molecule has 172 valence electrons. The summed E-state index contributed by atoms with van der Waals surface area (Å²) >= 11 is 6.34. The van der Waals surface area contributed by atoms with Crippen molar-refractivity contribution in [3.63, 3.8) is 0 Å². The number of esters is 1. The summed E-state index contributed by atoms with van der Waals surface area (Å²) in [5.41, 5.74) is -1.75. The molecular formula is C24H33ClO6. The molecule has 3 fully saturated rings. The number of aliphatic hydroxyl groups excluding tert-OH is 1. The molecule has 0 spiro atoms. The van der Waals surface area contributed by atoms with Crippen molar-refractivity contribution in [3.8, 4) is 0 Å². The number of carboxylic acid groups (broad SMARTS) is 1. The zero-order valence-electron chi connectivity index (χ0n) is 18.5. The lowest BCUT2D eigenvalue weighted by molar-refractivity contribution is -0.212. The number of fused-ring (bicyclic) bond motifs is 5. The van der Waals surface area contributed by atoms with E-state index in [1.165, 1.54) is 0 Å². The van der Waals surface area contributed by atoms with Crippen LogP contribution in [-0.4, -0.2) is 45.5 Å². The molecule has 0 aromatic rings. The number of halogens is 1. The van der Waals surface area contributed by atoms with Gasteiger partial charge in [0, 0.05) is 24.1 Å². The van der Waals surface area contributed by atoms with Gasteiger partial charge in [-0.2, -0.15) is 0 Å². The van der Waals surface area contributed by atoms with Crippen LogP contribution in [0.25, 0.3) is 0 Å². The van der Waals surface area contributed by atoms with Crippen LogP contribution in [0.5, 0.6) is 0 Å². The van der Waals surface area contributed by atoms with Crippen LogP contribution in [-0.2, 0) is 19.1 Å². The highest BCUT2D eigenvalue weighted by Crippen LogP contribution is 2.69. The number of carboxylic acids is 1. The van der Waals surface area contributed by atoms with Gasteiger partial charge in [-0.05, 0) is 67.3 Å².